The number of ether oxygens (including phenoxy) is 2. The van der Waals surface area contributed by atoms with E-state index in [1.807, 2.05) is 0 Å². The molecule has 0 spiro atoms. The van der Waals surface area contributed by atoms with Crippen molar-refractivity contribution in [3.05, 3.63) is 62.1 Å². The summed E-state index contributed by atoms with van der Waals surface area (Å²) in [5.74, 6) is -0.0831. The number of rotatable bonds is 8. The molecule has 1 amide bonds. The van der Waals surface area contributed by atoms with Crippen LogP contribution in [0, 0.1) is 10.1 Å². The Hall–Kier alpha value is -2.51. The summed E-state index contributed by atoms with van der Waals surface area (Å²) >= 11 is 11.9. The zero-order valence-electron chi connectivity index (χ0n) is 13.8. The molecule has 0 atom stereocenters. The summed E-state index contributed by atoms with van der Waals surface area (Å²) in [6.45, 7) is -0.00420. The summed E-state index contributed by atoms with van der Waals surface area (Å²) in [4.78, 5) is 22.3. The highest BCUT2D eigenvalue weighted by Gasteiger charge is 2.17. The van der Waals surface area contributed by atoms with Crippen LogP contribution in [0.4, 0.5) is 5.69 Å². The summed E-state index contributed by atoms with van der Waals surface area (Å²) in [6, 6.07) is 9.27. The molecule has 2 rings (SSSR count). The second kappa shape index (κ2) is 9.26. The van der Waals surface area contributed by atoms with E-state index in [-0.39, 0.29) is 18.0 Å². The standard InChI is InChI=1S/C17H16Cl2N2O5/c1-25-13-4-5-16(15(9-13)21(23)24)26-10-17(22)20-7-6-11-2-3-12(18)8-14(11)19/h2-5,8-9H,6-7,10H2,1H3,(H,20,22). The zero-order valence-corrected chi connectivity index (χ0v) is 15.3. The van der Waals surface area contributed by atoms with Crippen molar-refractivity contribution >= 4 is 34.8 Å². The van der Waals surface area contributed by atoms with Crippen molar-refractivity contribution in [3.8, 4) is 11.5 Å². The molecule has 0 aliphatic rings. The normalized spacial score (nSPS) is 10.3. The minimum Gasteiger partial charge on any atom is -0.496 e. The number of carbonyl (C=O) groups is 1. The Kier molecular flexibility index (Phi) is 7.06. The predicted octanol–water partition coefficient (Wildman–Crippen LogP) is 3.65. The van der Waals surface area contributed by atoms with E-state index in [4.69, 9.17) is 32.7 Å². The molecule has 0 radical (unpaired) electrons. The Morgan fingerprint density at radius 1 is 1.23 bits per heavy atom. The minimum atomic E-state index is -0.599. The van der Waals surface area contributed by atoms with Crippen molar-refractivity contribution in [3.63, 3.8) is 0 Å². The lowest BCUT2D eigenvalue weighted by molar-refractivity contribution is -0.385. The molecule has 2 aromatic rings. The number of amides is 1. The molecular weight excluding hydrogens is 383 g/mol. The quantitative estimate of drug-likeness (QED) is 0.541. The van der Waals surface area contributed by atoms with Gasteiger partial charge in [0.15, 0.2) is 12.4 Å². The number of nitro groups is 1. The number of benzene rings is 2. The first-order valence-corrected chi connectivity index (χ1v) is 8.32. The van der Waals surface area contributed by atoms with Gasteiger partial charge in [0.25, 0.3) is 5.91 Å². The van der Waals surface area contributed by atoms with Crippen molar-refractivity contribution in [2.45, 2.75) is 6.42 Å². The van der Waals surface area contributed by atoms with E-state index in [1.54, 1.807) is 18.2 Å². The van der Waals surface area contributed by atoms with E-state index in [2.05, 4.69) is 5.32 Å². The molecule has 2 aromatic carbocycles. The van der Waals surface area contributed by atoms with Crippen LogP contribution in [0.5, 0.6) is 11.5 Å². The number of nitrogens with zero attached hydrogens (tertiary/aromatic N) is 1. The van der Waals surface area contributed by atoms with Crippen molar-refractivity contribution in [2.75, 3.05) is 20.3 Å². The van der Waals surface area contributed by atoms with Crippen LogP contribution >= 0.6 is 23.2 Å². The monoisotopic (exact) mass is 398 g/mol. The van der Waals surface area contributed by atoms with Gasteiger partial charge in [0.05, 0.1) is 18.1 Å². The fraction of sp³-hybridized carbons (Fsp3) is 0.235. The van der Waals surface area contributed by atoms with Crippen LogP contribution in [0.3, 0.4) is 0 Å². The lowest BCUT2D eigenvalue weighted by Gasteiger charge is -2.09. The summed E-state index contributed by atoms with van der Waals surface area (Å²) < 4.78 is 10.2. The average molecular weight is 399 g/mol. The van der Waals surface area contributed by atoms with Gasteiger partial charge in [0, 0.05) is 16.6 Å². The Morgan fingerprint density at radius 2 is 2.00 bits per heavy atom. The second-order valence-electron chi connectivity index (χ2n) is 5.22. The Labute approximate surface area is 160 Å². The SMILES string of the molecule is COc1ccc(OCC(=O)NCCc2ccc(Cl)cc2Cl)c([N+](=O)[O-])c1. The van der Waals surface area contributed by atoms with Gasteiger partial charge in [-0.05, 0) is 36.2 Å². The maximum absolute atomic E-state index is 11.9. The third kappa shape index (κ3) is 5.50. The van der Waals surface area contributed by atoms with E-state index in [9.17, 15) is 14.9 Å². The van der Waals surface area contributed by atoms with Crippen LogP contribution in [0.25, 0.3) is 0 Å². The summed E-state index contributed by atoms with van der Waals surface area (Å²) in [5, 5.41) is 14.8. The molecule has 0 aromatic heterocycles. The van der Waals surface area contributed by atoms with E-state index in [0.29, 0.717) is 28.8 Å². The molecule has 0 aliphatic carbocycles. The van der Waals surface area contributed by atoms with Crippen molar-refractivity contribution in [1.82, 2.24) is 5.32 Å². The largest absolute Gasteiger partial charge is 0.496 e. The molecule has 26 heavy (non-hydrogen) atoms. The van der Waals surface area contributed by atoms with Crippen LogP contribution in [-0.2, 0) is 11.2 Å². The Bertz CT molecular complexity index is 814. The smallest absolute Gasteiger partial charge is 0.314 e. The van der Waals surface area contributed by atoms with Crippen LogP contribution < -0.4 is 14.8 Å². The van der Waals surface area contributed by atoms with E-state index in [1.165, 1.54) is 25.3 Å². The van der Waals surface area contributed by atoms with Gasteiger partial charge in [-0.25, -0.2) is 0 Å². The van der Waals surface area contributed by atoms with Gasteiger partial charge in [-0.1, -0.05) is 29.3 Å². The molecule has 1 N–H and O–H groups in total. The topological polar surface area (TPSA) is 90.7 Å². The fourth-order valence-electron chi connectivity index (χ4n) is 2.14. The van der Waals surface area contributed by atoms with Gasteiger partial charge in [-0.3, -0.25) is 14.9 Å². The number of halogens is 2. The molecule has 138 valence electrons. The Balaban J connectivity index is 1.86. The minimum absolute atomic E-state index is 0.00769. The maximum Gasteiger partial charge on any atom is 0.314 e. The number of carbonyl (C=O) groups excluding carboxylic acids is 1. The molecule has 0 saturated carbocycles. The number of hydrogen-bond donors (Lipinski definition) is 1. The molecule has 7 nitrogen and oxygen atoms in total. The number of nitrogens with one attached hydrogen (secondary N) is 1. The third-order valence-corrected chi connectivity index (χ3v) is 4.04. The molecule has 0 unspecified atom stereocenters. The molecule has 0 saturated heterocycles. The fourth-order valence-corrected chi connectivity index (χ4v) is 2.65. The van der Waals surface area contributed by atoms with Crippen LogP contribution in [0.15, 0.2) is 36.4 Å². The second-order valence-corrected chi connectivity index (χ2v) is 6.06. The van der Waals surface area contributed by atoms with Gasteiger partial charge in [-0.15, -0.1) is 0 Å². The summed E-state index contributed by atoms with van der Waals surface area (Å²) in [6.07, 6.45) is 0.518. The number of nitro benzene ring substituents is 1. The molecule has 0 heterocycles. The first-order chi connectivity index (χ1) is 12.4. The van der Waals surface area contributed by atoms with E-state index >= 15 is 0 Å². The molecular formula is C17H16Cl2N2O5. The molecule has 0 bridgehead atoms. The summed E-state index contributed by atoms with van der Waals surface area (Å²) in [5.41, 5.74) is 0.577. The molecule has 9 heteroatoms. The van der Waals surface area contributed by atoms with Crippen LogP contribution in [0.2, 0.25) is 10.0 Å². The highest BCUT2D eigenvalue weighted by molar-refractivity contribution is 6.35. The first-order valence-electron chi connectivity index (χ1n) is 7.56. The average Bonchev–Trinajstić information content (AvgIpc) is 2.61. The lowest BCUT2D eigenvalue weighted by Crippen LogP contribution is -2.30. The number of hydrogen-bond acceptors (Lipinski definition) is 5. The highest BCUT2D eigenvalue weighted by Crippen LogP contribution is 2.30. The molecule has 0 aliphatic heterocycles. The third-order valence-electron chi connectivity index (χ3n) is 3.45. The molecule has 0 fully saturated rings. The summed E-state index contributed by atoms with van der Waals surface area (Å²) in [7, 11) is 1.40. The lowest BCUT2D eigenvalue weighted by atomic mass is 10.1. The van der Waals surface area contributed by atoms with Crippen molar-refractivity contribution < 1.29 is 19.2 Å². The predicted molar refractivity (Wildman–Crippen MR) is 98.3 cm³/mol. The Morgan fingerprint density at radius 3 is 2.65 bits per heavy atom. The number of methoxy groups -OCH3 is 1. The van der Waals surface area contributed by atoms with Crippen LogP contribution in [0.1, 0.15) is 5.56 Å². The van der Waals surface area contributed by atoms with Gasteiger partial charge in [0.1, 0.15) is 5.75 Å². The van der Waals surface area contributed by atoms with Crippen molar-refractivity contribution in [2.24, 2.45) is 0 Å². The van der Waals surface area contributed by atoms with E-state index in [0.717, 1.165) is 5.56 Å². The zero-order chi connectivity index (χ0) is 19.1. The van der Waals surface area contributed by atoms with E-state index < -0.39 is 10.8 Å². The van der Waals surface area contributed by atoms with Crippen molar-refractivity contribution in [1.29, 1.82) is 0 Å². The van der Waals surface area contributed by atoms with Gasteiger partial charge in [-0.2, -0.15) is 0 Å². The maximum atomic E-state index is 11.9. The van der Waals surface area contributed by atoms with Crippen LogP contribution in [-0.4, -0.2) is 31.1 Å². The van der Waals surface area contributed by atoms with Gasteiger partial charge >= 0.3 is 5.69 Å². The first kappa shape index (κ1) is 19.8. The highest BCUT2D eigenvalue weighted by atomic mass is 35.5. The van der Waals surface area contributed by atoms with Gasteiger partial charge in [0.2, 0.25) is 0 Å². The van der Waals surface area contributed by atoms with Gasteiger partial charge < -0.3 is 14.8 Å².